The van der Waals surface area contributed by atoms with Crippen molar-refractivity contribution >= 4 is 0 Å². The Morgan fingerprint density at radius 1 is 1.16 bits per heavy atom. The van der Waals surface area contributed by atoms with Gasteiger partial charge in [-0.05, 0) is 5.56 Å². The molecule has 0 amide bonds. The van der Waals surface area contributed by atoms with Crippen LogP contribution in [-0.2, 0) is 16.1 Å². The molecule has 1 aromatic rings. The molecular weight excluding hydrogens is 252 g/mol. The second kappa shape index (κ2) is 6.42. The summed E-state index contributed by atoms with van der Waals surface area (Å²) in [6.45, 7) is -1.66. The lowest BCUT2D eigenvalue weighted by Gasteiger charge is -2.39. The Kier molecular flexibility index (Phi) is 4.39. The van der Waals surface area contributed by atoms with E-state index in [1.165, 1.54) is 0 Å². The Morgan fingerprint density at radius 3 is 2.47 bits per heavy atom. The number of hydrogen-bond donors (Lipinski definition) is 4. The number of benzene rings is 1. The Bertz CT molecular complexity index is 417. The number of aliphatic hydroxyl groups excluding tert-OH is 4. The van der Waals surface area contributed by atoms with Crippen LogP contribution >= 0.6 is 0 Å². The molecule has 0 saturated carbocycles. The summed E-state index contributed by atoms with van der Waals surface area (Å²) in [7, 11) is 0. The zero-order valence-electron chi connectivity index (χ0n) is 11.2. The molecule has 0 radical (unpaired) electrons. The second-order valence-electron chi connectivity index (χ2n) is 4.36. The third-order valence-corrected chi connectivity index (χ3v) is 3.00. The van der Waals surface area contributed by atoms with Crippen LogP contribution in [0.5, 0.6) is 0 Å². The first-order valence-electron chi connectivity index (χ1n) is 6.55. The van der Waals surface area contributed by atoms with Crippen LogP contribution in [-0.4, -0.2) is 57.7 Å². The fraction of sp³-hybridized carbons (Fsp3) is 0.538. The quantitative estimate of drug-likeness (QED) is 0.561. The Balaban J connectivity index is 2.09. The molecular formula is C13H18O6. The van der Waals surface area contributed by atoms with Gasteiger partial charge in [-0.2, -0.15) is 0 Å². The first-order chi connectivity index (χ1) is 9.54. The molecule has 0 aromatic heterocycles. The molecule has 6 atom stereocenters. The summed E-state index contributed by atoms with van der Waals surface area (Å²) in [5, 5.41) is 38.3. The Morgan fingerprint density at radius 2 is 1.84 bits per heavy atom. The molecule has 1 fully saturated rings. The molecule has 2 rings (SSSR count). The van der Waals surface area contributed by atoms with Crippen LogP contribution in [0.4, 0.5) is 0 Å². The van der Waals surface area contributed by atoms with Crippen molar-refractivity contribution in [2.45, 2.75) is 37.3 Å². The predicted octanol–water partition coefficient (Wildman–Crippen LogP) is -0.997. The summed E-state index contributed by atoms with van der Waals surface area (Å²) in [6, 6.07) is 8.62. The highest BCUT2D eigenvalue weighted by Gasteiger charge is 2.44. The lowest BCUT2D eigenvalue weighted by atomic mass is 9.99. The SMILES string of the molecule is [2H]C(O[C@H]1[C@H](O)[C@@H](CO)OC(O)[C@@H]1O)c1ccccc1. The molecule has 6 heteroatoms. The molecule has 1 saturated heterocycles. The van der Waals surface area contributed by atoms with Crippen molar-refractivity contribution in [3.63, 3.8) is 0 Å². The summed E-state index contributed by atoms with van der Waals surface area (Å²) >= 11 is 0. The predicted molar refractivity (Wildman–Crippen MR) is 65.0 cm³/mol. The zero-order valence-corrected chi connectivity index (χ0v) is 10.2. The van der Waals surface area contributed by atoms with Gasteiger partial charge in [-0.3, -0.25) is 0 Å². The van der Waals surface area contributed by atoms with Crippen molar-refractivity contribution < 1.29 is 31.3 Å². The van der Waals surface area contributed by atoms with Gasteiger partial charge in [0, 0.05) is 0 Å². The highest BCUT2D eigenvalue weighted by atomic mass is 16.6. The Hall–Kier alpha value is -1.02. The molecule has 4 N–H and O–H groups in total. The fourth-order valence-electron chi connectivity index (χ4n) is 1.92. The number of rotatable bonds is 4. The summed E-state index contributed by atoms with van der Waals surface area (Å²) in [6.07, 6.45) is -6.71. The lowest BCUT2D eigenvalue weighted by molar-refractivity contribution is -0.296. The summed E-state index contributed by atoms with van der Waals surface area (Å²) in [5.41, 5.74) is 0.549. The molecule has 2 unspecified atom stereocenters. The van der Waals surface area contributed by atoms with Gasteiger partial charge in [-0.15, -0.1) is 0 Å². The lowest BCUT2D eigenvalue weighted by Crippen LogP contribution is -2.59. The maximum absolute atomic E-state index is 9.95. The zero-order chi connectivity index (χ0) is 14.7. The summed E-state index contributed by atoms with van der Waals surface area (Å²) in [4.78, 5) is 0. The average molecular weight is 271 g/mol. The van der Waals surface area contributed by atoms with Gasteiger partial charge in [-0.1, -0.05) is 30.3 Å². The van der Waals surface area contributed by atoms with Crippen LogP contribution in [0.25, 0.3) is 0 Å². The van der Waals surface area contributed by atoms with Crippen molar-refractivity contribution in [1.82, 2.24) is 0 Å². The van der Waals surface area contributed by atoms with Crippen molar-refractivity contribution in [3.8, 4) is 0 Å². The number of hydrogen-bond acceptors (Lipinski definition) is 6. The molecule has 1 aliphatic rings. The number of aliphatic hydroxyl groups is 4. The van der Waals surface area contributed by atoms with E-state index >= 15 is 0 Å². The monoisotopic (exact) mass is 271 g/mol. The van der Waals surface area contributed by atoms with E-state index in [4.69, 9.17) is 16.0 Å². The van der Waals surface area contributed by atoms with Gasteiger partial charge in [0.1, 0.15) is 24.4 Å². The van der Waals surface area contributed by atoms with Crippen molar-refractivity contribution in [2.24, 2.45) is 0 Å². The van der Waals surface area contributed by atoms with Gasteiger partial charge < -0.3 is 29.9 Å². The normalized spacial score (nSPS) is 37.7. The molecule has 0 bridgehead atoms. The topological polar surface area (TPSA) is 99.4 Å². The molecule has 0 aliphatic carbocycles. The van der Waals surface area contributed by atoms with Crippen molar-refractivity contribution in [2.75, 3.05) is 6.61 Å². The highest BCUT2D eigenvalue weighted by molar-refractivity contribution is 5.13. The fourth-order valence-corrected chi connectivity index (χ4v) is 1.92. The maximum Gasteiger partial charge on any atom is 0.184 e. The highest BCUT2D eigenvalue weighted by Crippen LogP contribution is 2.23. The number of ether oxygens (including phenoxy) is 2. The van der Waals surface area contributed by atoms with Crippen molar-refractivity contribution in [1.29, 1.82) is 0 Å². The molecule has 0 spiro atoms. The van der Waals surface area contributed by atoms with Gasteiger partial charge in [-0.25, -0.2) is 0 Å². The van der Waals surface area contributed by atoms with E-state index in [0.717, 1.165) is 0 Å². The first kappa shape index (κ1) is 13.0. The van der Waals surface area contributed by atoms with E-state index in [-0.39, 0.29) is 0 Å². The van der Waals surface area contributed by atoms with Crippen LogP contribution in [0, 0.1) is 0 Å². The maximum atomic E-state index is 9.95. The van der Waals surface area contributed by atoms with Crippen LogP contribution in [0.15, 0.2) is 30.3 Å². The molecule has 19 heavy (non-hydrogen) atoms. The third-order valence-electron chi connectivity index (χ3n) is 3.00. The van der Waals surface area contributed by atoms with Crippen LogP contribution in [0.2, 0.25) is 0 Å². The van der Waals surface area contributed by atoms with Gasteiger partial charge in [0.05, 0.1) is 14.6 Å². The minimum atomic E-state index is -1.58. The van der Waals surface area contributed by atoms with Crippen LogP contribution in [0.1, 0.15) is 6.93 Å². The van der Waals surface area contributed by atoms with E-state index in [1.54, 1.807) is 30.3 Å². The molecule has 1 aliphatic heterocycles. The summed E-state index contributed by atoms with van der Waals surface area (Å²) in [5.74, 6) is 0. The molecule has 1 heterocycles. The minimum absolute atomic E-state index is 0.529. The second-order valence-corrected chi connectivity index (χ2v) is 4.36. The molecule has 6 nitrogen and oxygen atoms in total. The Labute approximate surface area is 112 Å². The summed E-state index contributed by atoms with van der Waals surface area (Å²) < 4.78 is 18.1. The van der Waals surface area contributed by atoms with E-state index < -0.39 is 43.9 Å². The molecule has 1 aromatic carbocycles. The molecule has 106 valence electrons. The average Bonchev–Trinajstić information content (AvgIpc) is 2.48. The minimum Gasteiger partial charge on any atom is -0.394 e. The van der Waals surface area contributed by atoms with E-state index in [1.807, 2.05) is 0 Å². The smallest absolute Gasteiger partial charge is 0.184 e. The third kappa shape index (κ3) is 3.30. The first-order valence-corrected chi connectivity index (χ1v) is 5.97. The standard InChI is InChI=1S/C13H18O6/c14-6-9-10(15)12(11(16)13(17)19-9)18-7-8-4-2-1-3-5-8/h1-5,9-17H,6-7H2/t9-,10-,11-,12+,13?/m1/s1/i7D/t7?,9-,10-,11-,12+,13?. The largest absolute Gasteiger partial charge is 0.394 e. The van der Waals surface area contributed by atoms with Crippen LogP contribution < -0.4 is 0 Å². The van der Waals surface area contributed by atoms with Gasteiger partial charge in [0.25, 0.3) is 0 Å². The van der Waals surface area contributed by atoms with E-state index in [2.05, 4.69) is 0 Å². The van der Waals surface area contributed by atoms with Crippen molar-refractivity contribution in [3.05, 3.63) is 35.9 Å². The van der Waals surface area contributed by atoms with E-state index in [0.29, 0.717) is 5.56 Å². The van der Waals surface area contributed by atoms with Gasteiger partial charge in [0.2, 0.25) is 0 Å². The van der Waals surface area contributed by atoms with Crippen LogP contribution in [0.3, 0.4) is 0 Å². The van der Waals surface area contributed by atoms with Gasteiger partial charge >= 0.3 is 0 Å². The van der Waals surface area contributed by atoms with E-state index in [9.17, 15) is 15.3 Å². The van der Waals surface area contributed by atoms with Gasteiger partial charge in [0.15, 0.2) is 6.29 Å².